The first-order chi connectivity index (χ1) is 14.2. The lowest BCUT2D eigenvalue weighted by atomic mass is 10.2. The van der Waals surface area contributed by atoms with Crippen LogP contribution in [0.4, 0.5) is 5.69 Å². The van der Waals surface area contributed by atoms with Crippen molar-refractivity contribution in [2.75, 3.05) is 37.4 Å². The molecule has 0 spiro atoms. The molecule has 164 valence electrons. The number of sulfonamides is 1. The van der Waals surface area contributed by atoms with E-state index in [9.17, 15) is 13.2 Å². The average Bonchev–Trinajstić information content (AvgIpc) is 2.69. The molecule has 0 fully saturated rings. The molecule has 0 aliphatic carbocycles. The van der Waals surface area contributed by atoms with Gasteiger partial charge in [0.25, 0.3) is 0 Å². The number of benzene rings is 2. The van der Waals surface area contributed by atoms with Gasteiger partial charge in [0, 0.05) is 18.0 Å². The fraction of sp³-hybridized carbons (Fsp3) is 0.350. The minimum atomic E-state index is -3.57. The molecule has 2 aromatic carbocycles. The van der Waals surface area contributed by atoms with Crippen LogP contribution in [0.5, 0.6) is 11.5 Å². The van der Waals surface area contributed by atoms with Gasteiger partial charge in [-0.3, -0.25) is 9.10 Å². The number of para-hydroxylation sites is 2. The van der Waals surface area contributed by atoms with Crippen LogP contribution in [0.15, 0.2) is 42.5 Å². The first-order valence-electron chi connectivity index (χ1n) is 9.17. The second kappa shape index (κ2) is 11.3. The summed E-state index contributed by atoms with van der Waals surface area (Å²) in [5.41, 5.74) is 0.328. The standard InChI is InChI=1S/C20H24Cl2N2O5S/c1-28-18-6-3-4-7-19(18)29-13-11-23-20(25)8-5-12-24(30(2,26)27)17-10-9-15(21)14-16(17)22/h3-4,6-7,9-10,14H,5,8,11-13H2,1-2H3,(H,23,25). The predicted octanol–water partition coefficient (Wildman–Crippen LogP) is 3.74. The van der Waals surface area contributed by atoms with Gasteiger partial charge in [-0.2, -0.15) is 0 Å². The molecule has 30 heavy (non-hydrogen) atoms. The van der Waals surface area contributed by atoms with Crippen molar-refractivity contribution >= 4 is 44.8 Å². The Balaban J connectivity index is 1.80. The highest BCUT2D eigenvalue weighted by atomic mass is 35.5. The molecule has 2 rings (SSSR count). The fourth-order valence-corrected chi connectivity index (χ4v) is 4.25. The summed E-state index contributed by atoms with van der Waals surface area (Å²) in [5, 5.41) is 3.38. The van der Waals surface area contributed by atoms with Crippen molar-refractivity contribution in [2.45, 2.75) is 12.8 Å². The second-order valence-corrected chi connectivity index (χ2v) is 9.13. The normalized spacial score (nSPS) is 11.1. The van der Waals surface area contributed by atoms with E-state index in [0.29, 0.717) is 35.2 Å². The number of hydrogen-bond acceptors (Lipinski definition) is 5. The number of ether oxygens (including phenoxy) is 2. The number of carbonyl (C=O) groups is 1. The summed E-state index contributed by atoms with van der Waals surface area (Å²) in [6, 6.07) is 11.8. The Kier molecular flexibility index (Phi) is 9.08. The van der Waals surface area contributed by atoms with E-state index in [0.717, 1.165) is 6.26 Å². The molecule has 0 unspecified atom stereocenters. The molecule has 0 bridgehead atoms. The lowest BCUT2D eigenvalue weighted by molar-refractivity contribution is -0.121. The summed E-state index contributed by atoms with van der Waals surface area (Å²) in [7, 11) is -2.01. The maximum atomic E-state index is 12.1. The molecule has 0 saturated heterocycles. The highest BCUT2D eigenvalue weighted by molar-refractivity contribution is 7.92. The number of rotatable bonds is 11. The zero-order chi connectivity index (χ0) is 22.1. The highest BCUT2D eigenvalue weighted by Gasteiger charge is 2.20. The van der Waals surface area contributed by atoms with Crippen LogP contribution in [0.3, 0.4) is 0 Å². The molecule has 0 heterocycles. The van der Waals surface area contributed by atoms with Crippen LogP contribution >= 0.6 is 23.2 Å². The Bertz CT molecular complexity index is 969. The largest absolute Gasteiger partial charge is 0.493 e. The molecule has 0 saturated carbocycles. The van der Waals surface area contributed by atoms with Crippen LogP contribution in [0.25, 0.3) is 0 Å². The first-order valence-corrected chi connectivity index (χ1v) is 11.8. The fourth-order valence-electron chi connectivity index (χ4n) is 2.71. The second-order valence-electron chi connectivity index (χ2n) is 6.38. The number of halogens is 2. The third kappa shape index (κ3) is 7.27. The van der Waals surface area contributed by atoms with Gasteiger partial charge in [0.15, 0.2) is 11.5 Å². The predicted molar refractivity (Wildman–Crippen MR) is 119 cm³/mol. The van der Waals surface area contributed by atoms with Crippen LogP contribution in [-0.4, -0.2) is 47.4 Å². The molecule has 2 aromatic rings. The van der Waals surface area contributed by atoms with Gasteiger partial charge >= 0.3 is 0 Å². The van der Waals surface area contributed by atoms with Crippen molar-refractivity contribution in [1.82, 2.24) is 5.32 Å². The first kappa shape index (κ1) is 24.1. The minimum absolute atomic E-state index is 0.116. The molecule has 0 aliphatic rings. The summed E-state index contributed by atoms with van der Waals surface area (Å²) in [4.78, 5) is 12.1. The van der Waals surface area contributed by atoms with E-state index >= 15 is 0 Å². The van der Waals surface area contributed by atoms with Gasteiger partial charge in [0.2, 0.25) is 15.9 Å². The van der Waals surface area contributed by atoms with Gasteiger partial charge in [0.1, 0.15) is 6.61 Å². The van der Waals surface area contributed by atoms with E-state index in [1.54, 1.807) is 31.4 Å². The van der Waals surface area contributed by atoms with Gasteiger partial charge in [-0.1, -0.05) is 35.3 Å². The lowest BCUT2D eigenvalue weighted by Gasteiger charge is -2.23. The summed E-state index contributed by atoms with van der Waals surface area (Å²) in [6.07, 6.45) is 1.57. The maximum absolute atomic E-state index is 12.1. The van der Waals surface area contributed by atoms with Crippen molar-refractivity contribution in [3.8, 4) is 11.5 Å². The van der Waals surface area contributed by atoms with Gasteiger partial charge in [-0.25, -0.2) is 8.42 Å². The van der Waals surface area contributed by atoms with Gasteiger partial charge in [-0.15, -0.1) is 0 Å². The van der Waals surface area contributed by atoms with Crippen molar-refractivity contribution in [1.29, 1.82) is 0 Å². The number of anilines is 1. The van der Waals surface area contributed by atoms with E-state index < -0.39 is 10.0 Å². The molecule has 1 N–H and O–H groups in total. The van der Waals surface area contributed by atoms with Crippen LogP contribution < -0.4 is 19.1 Å². The van der Waals surface area contributed by atoms with Crippen LogP contribution in [0, 0.1) is 0 Å². The van der Waals surface area contributed by atoms with Gasteiger partial charge < -0.3 is 14.8 Å². The zero-order valence-corrected chi connectivity index (χ0v) is 19.1. The average molecular weight is 475 g/mol. The number of hydrogen-bond donors (Lipinski definition) is 1. The van der Waals surface area contributed by atoms with E-state index in [1.165, 1.54) is 10.4 Å². The Morgan fingerprint density at radius 1 is 1.13 bits per heavy atom. The van der Waals surface area contributed by atoms with E-state index in [-0.39, 0.29) is 30.5 Å². The molecular formula is C20H24Cl2N2O5S. The number of carbonyl (C=O) groups excluding carboxylic acids is 1. The number of nitrogens with one attached hydrogen (secondary N) is 1. The van der Waals surface area contributed by atoms with E-state index in [1.807, 2.05) is 12.1 Å². The zero-order valence-electron chi connectivity index (χ0n) is 16.7. The molecule has 0 aliphatic heterocycles. The summed E-state index contributed by atoms with van der Waals surface area (Å²) < 4.78 is 36.3. The molecule has 0 atom stereocenters. The molecular weight excluding hydrogens is 451 g/mol. The topological polar surface area (TPSA) is 84.9 Å². The monoisotopic (exact) mass is 474 g/mol. The van der Waals surface area contributed by atoms with Crippen LogP contribution in [0.1, 0.15) is 12.8 Å². The number of methoxy groups -OCH3 is 1. The van der Waals surface area contributed by atoms with Crippen molar-refractivity contribution in [2.24, 2.45) is 0 Å². The van der Waals surface area contributed by atoms with E-state index in [2.05, 4.69) is 5.32 Å². The van der Waals surface area contributed by atoms with Crippen LogP contribution in [-0.2, 0) is 14.8 Å². The molecule has 0 radical (unpaired) electrons. The number of amides is 1. The Hall–Kier alpha value is -2.16. The highest BCUT2D eigenvalue weighted by Crippen LogP contribution is 2.30. The quantitative estimate of drug-likeness (QED) is 0.501. The summed E-state index contributed by atoms with van der Waals surface area (Å²) in [5.74, 6) is 1.01. The minimum Gasteiger partial charge on any atom is -0.493 e. The summed E-state index contributed by atoms with van der Waals surface area (Å²) >= 11 is 12.0. The van der Waals surface area contributed by atoms with Crippen molar-refractivity contribution in [3.63, 3.8) is 0 Å². The SMILES string of the molecule is COc1ccccc1OCCNC(=O)CCCN(c1ccc(Cl)cc1Cl)S(C)(=O)=O. The van der Waals surface area contributed by atoms with Gasteiger partial charge in [0.05, 0.1) is 30.6 Å². The number of nitrogens with zero attached hydrogens (tertiary/aromatic N) is 1. The lowest BCUT2D eigenvalue weighted by Crippen LogP contribution is -2.33. The van der Waals surface area contributed by atoms with E-state index in [4.69, 9.17) is 32.7 Å². The molecule has 0 aromatic heterocycles. The molecule has 1 amide bonds. The smallest absolute Gasteiger partial charge is 0.232 e. The van der Waals surface area contributed by atoms with Crippen LogP contribution in [0.2, 0.25) is 10.0 Å². The maximum Gasteiger partial charge on any atom is 0.232 e. The Morgan fingerprint density at radius 3 is 2.47 bits per heavy atom. The Morgan fingerprint density at radius 2 is 1.83 bits per heavy atom. The van der Waals surface area contributed by atoms with Crippen molar-refractivity contribution in [3.05, 3.63) is 52.5 Å². The molecule has 7 nitrogen and oxygen atoms in total. The molecule has 10 heteroatoms. The van der Waals surface area contributed by atoms with Gasteiger partial charge in [-0.05, 0) is 36.8 Å². The summed E-state index contributed by atoms with van der Waals surface area (Å²) in [6.45, 7) is 0.711. The van der Waals surface area contributed by atoms with Crippen molar-refractivity contribution < 1.29 is 22.7 Å². The third-order valence-electron chi connectivity index (χ3n) is 4.09. The Labute approximate surface area is 186 Å². The third-order valence-corrected chi connectivity index (χ3v) is 5.81.